The predicted molar refractivity (Wildman–Crippen MR) is 62.8 cm³/mol. The van der Waals surface area contributed by atoms with E-state index in [1.165, 1.54) is 4.90 Å². The maximum Gasteiger partial charge on any atom is 0.410 e. The molecule has 1 rings (SSSR count). The topological polar surface area (TPSA) is 66.8 Å². The highest BCUT2D eigenvalue weighted by Crippen LogP contribution is 2.26. The first-order valence-corrected chi connectivity index (χ1v) is 6.15. The molecule has 5 nitrogen and oxygen atoms in total. The normalized spacial score (nSPS) is 24.8. The Kier molecular flexibility index (Phi) is 4.78. The first kappa shape index (κ1) is 13.8. The Morgan fingerprint density at radius 1 is 1.47 bits per heavy atom. The molecule has 5 heteroatoms. The van der Waals surface area contributed by atoms with Gasteiger partial charge in [0.2, 0.25) is 0 Å². The fourth-order valence-corrected chi connectivity index (χ4v) is 2.13. The van der Waals surface area contributed by atoms with Gasteiger partial charge in [0.1, 0.15) is 6.04 Å². The lowest BCUT2D eigenvalue weighted by atomic mass is 9.89. The fraction of sp³-hybridized carbons (Fsp3) is 0.833. The molecular weight excluding hydrogens is 222 g/mol. The summed E-state index contributed by atoms with van der Waals surface area (Å²) in [5.74, 6) is -0.553. The van der Waals surface area contributed by atoms with Crippen LogP contribution in [0.3, 0.4) is 0 Å². The number of piperidine rings is 1. The van der Waals surface area contributed by atoms with E-state index in [-0.39, 0.29) is 6.10 Å². The molecule has 2 atom stereocenters. The van der Waals surface area contributed by atoms with E-state index in [9.17, 15) is 9.59 Å². The van der Waals surface area contributed by atoms with Crippen molar-refractivity contribution in [2.45, 2.75) is 52.2 Å². The van der Waals surface area contributed by atoms with Crippen LogP contribution >= 0.6 is 0 Å². The van der Waals surface area contributed by atoms with E-state index in [1.54, 1.807) is 13.8 Å². The molecule has 0 aromatic carbocycles. The molecule has 0 radical (unpaired) electrons. The molecule has 1 aliphatic heterocycles. The zero-order valence-electron chi connectivity index (χ0n) is 10.7. The first-order valence-electron chi connectivity index (χ1n) is 6.15. The third-order valence-electron chi connectivity index (χ3n) is 3.14. The zero-order valence-corrected chi connectivity index (χ0v) is 10.7. The lowest BCUT2D eigenvalue weighted by Gasteiger charge is -2.36. The van der Waals surface area contributed by atoms with Crippen LogP contribution in [0, 0.1) is 5.92 Å². The summed E-state index contributed by atoms with van der Waals surface area (Å²) < 4.78 is 5.06. The van der Waals surface area contributed by atoms with Crippen LogP contribution in [0.1, 0.15) is 40.0 Å². The Morgan fingerprint density at radius 3 is 2.59 bits per heavy atom. The maximum atomic E-state index is 11.8. The highest BCUT2D eigenvalue weighted by atomic mass is 16.6. The molecule has 1 heterocycles. The lowest BCUT2D eigenvalue weighted by molar-refractivity contribution is -0.144. The molecule has 2 unspecified atom stereocenters. The van der Waals surface area contributed by atoms with E-state index in [0.717, 1.165) is 12.8 Å². The third-order valence-corrected chi connectivity index (χ3v) is 3.14. The van der Waals surface area contributed by atoms with E-state index < -0.39 is 18.1 Å². The second-order valence-electron chi connectivity index (χ2n) is 4.78. The van der Waals surface area contributed by atoms with Crippen LogP contribution in [0.4, 0.5) is 4.79 Å². The van der Waals surface area contributed by atoms with Crippen molar-refractivity contribution in [2.24, 2.45) is 5.92 Å². The van der Waals surface area contributed by atoms with Crippen LogP contribution in [0.25, 0.3) is 0 Å². The van der Waals surface area contributed by atoms with Crippen LogP contribution < -0.4 is 0 Å². The molecule has 1 saturated heterocycles. The van der Waals surface area contributed by atoms with Crippen molar-refractivity contribution in [1.82, 2.24) is 4.90 Å². The number of aliphatic carboxylic acids is 1. The van der Waals surface area contributed by atoms with Crippen LogP contribution in [0.5, 0.6) is 0 Å². The number of ether oxygens (including phenoxy) is 1. The molecule has 98 valence electrons. The monoisotopic (exact) mass is 243 g/mol. The summed E-state index contributed by atoms with van der Waals surface area (Å²) in [5.41, 5.74) is 0. The number of amides is 1. The summed E-state index contributed by atoms with van der Waals surface area (Å²) in [6.45, 7) is 6.03. The molecule has 1 N–H and O–H groups in total. The molecule has 17 heavy (non-hydrogen) atoms. The van der Waals surface area contributed by atoms with E-state index >= 15 is 0 Å². The molecule has 1 fully saturated rings. The quantitative estimate of drug-likeness (QED) is 0.824. The minimum absolute atomic E-state index is 0.221. The number of carboxylic acid groups (broad SMARTS) is 1. The van der Waals surface area contributed by atoms with Crippen molar-refractivity contribution >= 4 is 12.1 Å². The van der Waals surface area contributed by atoms with Gasteiger partial charge in [-0.15, -0.1) is 0 Å². The largest absolute Gasteiger partial charge is 0.480 e. The zero-order chi connectivity index (χ0) is 13.0. The second kappa shape index (κ2) is 5.89. The molecule has 0 aromatic heterocycles. The van der Waals surface area contributed by atoms with Crippen LogP contribution in [0.15, 0.2) is 0 Å². The summed E-state index contributed by atoms with van der Waals surface area (Å²) in [6, 6.07) is -0.736. The van der Waals surface area contributed by atoms with Gasteiger partial charge in [-0.05, 0) is 32.6 Å². The summed E-state index contributed by atoms with van der Waals surface area (Å²) in [4.78, 5) is 24.3. The molecule has 1 aliphatic rings. The summed E-state index contributed by atoms with van der Waals surface area (Å²) in [7, 11) is 0. The number of carbonyl (C=O) groups is 2. The predicted octanol–water partition coefficient (Wildman–Crippen LogP) is 2.11. The Bertz CT molecular complexity index is 290. The second-order valence-corrected chi connectivity index (χ2v) is 4.78. The van der Waals surface area contributed by atoms with Crippen LogP contribution in [-0.2, 0) is 9.53 Å². The number of carboxylic acids is 1. The van der Waals surface area contributed by atoms with Crippen molar-refractivity contribution in [3.05, 3.63) is 0 Å². The molecule has 0 aliphatic carbocycles. The number of rotatable bonds is 3. The van der Waals surface area contributed by atoms with Gasteiger partial charge in [0, 0.05) is 6.54 Å². The molecule has 0 aromatic rings. The lowest BCUT2D eigenvalue weighted by Crippen LogP contribution is -2.50. The van der Waals surface area contributed by atoms with Gasteiger partial charge in [0.15, 0.2) is 0 Å². The van der Waals surface area contributed by atoms with Crippen LogP contribution in [0.2, 0.25) is 0 Å². The number of nitrogens with zero attached hydrogens (tertiary/aromatic N) is 1. The Balaban J connectivity index is 2.69. The molecule has 0 saturated carbocycles. The van der Waals surface area contributed by atoms with Crippen LogP contribution in [-0.4, -0.2) is 40.8 Å². The van der Waals surface area contributed by atoms with Crippen molar-refractivity contribution < 1.29 is 19.4 Å². The number of hydrogen-bond acceptors (Lipinski definition) is 3. The van der Waals surface area contributed by atoms with Crippen molar-refractivity contribution in [1.29, 1.82) is 0 Å². The molecule has 0 spiro atoms. The number of likely N-dealkylation sites (tertiary alicyclic amines) is 1. The van der Waals surface area contributed by atoms with Gasteiger partial charge in [-0.25, -0.2) is 9.59 Å². The minimum Gasteiger partial charge on any atom is -0.480 e. The third kappa shape index (κ3) is 3.61. The van der Waals surface area contributed by atoms with Crippen molar-refractivity contribution in [3.63, 3.8) is 0 Å². The summed E-state index contributed by atoms with van der Waals surface area (Å²) >= 11 is 0. The van der Waals surface area contributed by atoms with Crippen molar-refractivity contribution in [3.8, 4) is 0 Å². The van der Waals surface area contributed by atoms with Gasteiger partial charge in [-0.2, -0.15) is 0 Å². The van der Waals surface area contributed by atoms with Gasteiger partial charge in [0.05, 0.1) is 6.10 Å². The van der Waals surface area contributed by atoms with Gasteiger partial charge in [-0.3, -0.25) is 4.90 Å². The highest BCUT2D eigenvalue weighted by molar-refractivity contribution is 5.80. The Labute approximate surface area is 102 Å². The van der Waals surface area contributed by atoms with Gasteiger partial charge < -0.3 is 9.84 Å². The average Bonchev–Trinajstić information content (AvgIpc) is 2.27. The average molecular weight is 243 g/mol. The fourth-order valence-electron chi connectivity index (χ4n) is 2.13. The SMILES string of the molecule is CCC1CCN(C(=O)OC(C)C)C(C(=O)O)C1. The van der Waals surface area contributed by atoms with E-state index in [4.69, 9.17) is 9.84 Å². The summed E-state index contributed by atoms with van der Waals surface area (Å²) in [5, 5.41) is 9.16. The summed E-state index contributed by atoms with van der Waals surface area (Å²) in [6.07, 6.45) is 1.60. The van der Waals surface area contributed by atoms with E-state index in [2.05, 4.69) is 0 Å². The standard InChI is InChI=1S/C12H21NO4/c1-4-9-5-6-13(10(7-9)11(14)15)12(16)17-8(2)3/h8-10H,4-7H2,1-3H3,(H,14,15). The van der Waals surface area contributed by atoms with Gasteiger partial charge in [0.25, 0.3) is 0 Å². The van der Waals surface area contributed by atoms with E-state index in [0.29, 0.717) is 18.9 Å². The van der Waals surface area contributed by atoms with Crippen molar-refractivity contribution in [2.75, 3.05) is 6.54 Å². The van der Waals surface area contributed by atoms with E-state index in [1.807, 2.05) is 6.92 Å². The maximum absolute atomic E-state index is 11.8. The van der Waals surface area contributed by atoms with Gasteiger partial charge >= 0.3 is 12.1 Å². The molecule has 0 bridgehead atoms. The molecular formula is C12H21NO4. The minimum atomic E-state index is -0.941. The van der Waals surface area contributed by atoms with Gasteiger partial charge in [-0.1, -0.05) is 13.3 Å². The Hall–Kier alpha value is -1.26. The first-order chi connectivity index (χ1) is 7.95. The highest BCUT2D eigenvalue weighted by Gasteiger charge is 2.36. The number of carbonyl (C=O) groups excluding carboxylic acids is 1. The molecule has 1 amide bonds. The number of hydrogen-bond donors (Lipinski definition) is 1. The smallest absolute Gasteiger partial charge is 0.410 e. The Morgan fingerprint density at radius 2 is 2.12 bits per heavy atom.